The Kier molecular flexibility index (Phi) is 5.88. The molecular formula is C22H24F2N2O3S. The molecule has 0 aromatic heterocycles. The second-order valence-electron chi connectivity index (χ2n) is 7.85. The van der Waals surface area contributed by atoms with Crippen LogP contribution in [0.15, 0.2) is 53.4 Å². The van der Waals surface area contributed by atoms with Gasteiger partial charge in [-0.2, -0.15) is 4.31 Å². The Balaban J connectivity index is 1.42. The molecule has 0 unspecified atom stereocenters. The average molecular weight is 435 g/mol. The number of carbonyl (C=O) groups is 1. The van der Waals surface area contributed by atoms with Crippen LogP contribution in [0, 0.1) is 17.6 Å². The molecule has 1 amide bonds. The minimum absolute atomic E-state index is 0.0719. The van der Waals surface area contributed by atoms with Crippen LogP contribution in [0.1, 0.15) is 37.3 Å². The molecular weight excluding hydrogens is 410 g/mol. The van der Waals surface area contributed by atoms with Crippen molar-refractivity contribution in [1.82, 2.24) is 9.21 Å². The lowest BCUT2D eigenvalue weighted by atomic mass is 9.95. The lowest BCUT2D eigenvalue weighted by Crippen LogP contribution is -2.44. The topological polar surface area (TPSA) is 57.7 Å². The molecule has 2 heterocycles. The van der Waals surface area contributed by atoms with E-state index in [1.807, 2.05) is 35.2 Å². The monoisotopic (exact) mass is 434 g/mol. The van der Waals surface area contributed by atoms with Gasteiger partial charge in [0.1, 0.15) is 0 Å². The van der Waals surface area contributed by atoms with E-state index in [0.717, 1.165) is 30.5 Å². The third-order valence-corrected chi connectivity index (χ3v) is 7.95. The second kappa shape index (κ2) is 8.43. The Morgan fingerprint density at radius 1 is 0.900 bits per heavy atom. The highest BCUT2D eigenvalue weighted by molar-refractivity contribution is 7.89. The van der Waals surface area contributed by atoms with Crippen LogP contribution in [-0.4, -0.2) is 43.2 Å². The predicted octanol–water partition coefficient (Wildman–Crippen LogP) is 3.73. The van der Waals surface area contributed by atoms with Crippen molar-refractivity contribution < 1.29 is 22.0 Å². The zero-order valence-corrected chi connectivity index (χ0v) is 17.3. The minimum atomic E-state index is -3.92. The third kappa shape index (κ3) is 3.98. The van der Waals surface area contributed by atoms with Crippen LogP contribution in [0.2, 0.25) is 0 Å². The highest BCUT2D eigenvalue weighted by atomic mass is 32.2. The summed E-state index contributed by atoms with van der Waals surface area (Å²) in [6.07, 6.45) is 2.72. The van der Waals surface area contributed by atoms with Gasteiger partial charge in [0.05, 0.1) is 10.9 Å². The quantitative estimate of drug-likeness (QED) is 0.737. The maximum Gasteiger partial charge on any atom is 0.243 e. The zero-order valence-electron chi connectivity index (χ0n) is 16.5. The smallest absolute Gasteiger partial charge is 0.243 e. The summed E-state index contributed by atoms with van der Waals surface area (Å²) in [4.78, 5) is 14.8. The summed E-state index contributed by atoms with van der Waals surface area (Å²) in [5.74, 6) is -2.43. The number of likely N-dealkylation sites (tertiary alicyclic amines) is 1. The van der Waals surface area contributed by atoms with E-state index < -0.39 is 21.7 Å². The van der Waals surface area contributed by atoms with Crippen molar-refractivity contribution in [1.29, 1.82) is 0 Å². The molecule has 2 aromatic carbocycles. The maximum absolute atomic E-state index is 13.5. The molecule has 0 spiro atoms. The zero-order chi connectivity index (χ0) is 21.3. The number of nitrogens with zero attached hydrogens (tertiary/aromatic N) is 2. The van der Waals surface area contributed by atoms with Crippen molar-refractivity contribution >= 4 is 15.9 Å². The number of sulfonamides is 1. The maximum atomic E-state index is 13.5. The van der Waals surface area contributed by atoms with Gasteiger partial charge in [-0.15, -0.1) is 0 Å². The molecule has 2 aliphatic rings. The number of piperidine rings is 1. The molecule has 0 N–H and O–H groups in total. The Morgan fingerprint density at radius 2 is 1.60 bits per heavy atom. The standard InChI is InChI=1S/C22H24F2N2O3S/c23-19-9-8-18(15-20(19)24)30(28,29)25-13-10-17(11-14-25)22(27)26-12-4-7-21(26)16-5-2-1-3-6-16/h1-3,5-6,8-9,15,17,21H,4,7,10-14H2/t21-/m0/s1. The third-order valence-electron chi connectivity index (χ3n) is 6.05. The largest absolute Gasteiger partial charge is 0.335 e. The number of hydrogen-bond donors (Lipinski definition) is 0. The van der Waals surface area contributed by atoms with Gasteiger partial charge in [0.15, 0.2) is 11.6 Å². The fourth-order valence-corrected chi connectivity index (χ4v) is 5.90. The molecule has 1 atom stereocenters. The normalized spacial score (nSPS) is 21.1. The highest BCUT2D eigenvalue weighted by Gasteiger charge is 2.37. The molecule has 2 fully saturated rings. The summed E-state index contributed by atoms with van der Waals surface area (Å²) in [5.41, 5.74) is 1.13. The van der Waals surface area contributed by atoms with E-state index in [1.54, 1.807) is 0 Å². The van der Waals surface area contributed by atoms with Crippen molar-refractivity contribution in [2.45, 2.75) is 36.6 Å². The Morgan fingerprint density at radius 3 is 2.27 bits per heavy atom. The van der Waals surface area contributed by atoms with E-state index in [0.29, 0.717) is 25.5 Å². The first-order valence-electron chi connectivity index (χ1n) is 10.2. The molecule has 5 nitrogen and oxygen atoms in total. The van der Waals surface area contributed by atoms with E-state index in [1.165, 1.54) is 4.31 Å². The molecule has 0 bridgehead atoms. The van der Waals surface area contributed by atoms with Gasteiger partial charge >= 0.3 is 0 Å². The van der Waals surface area contributed by atoms with Crippen molar-refractivity contribution in [3.63, 3.8) is 0 Å². The molecule has 160 valence electrons. The summed E-state index contributed by atoms with van der Waals surface area (Å²) in [6, 6.07) is 12.6. The van der Waals surface area contributed by atoms with E-state index in [9.17, 15) is 22.0 Å². The van der Waals surface area contributed by atoms with Gasteiger partial charge in [-0.05, 0) is 49.4 Å². The van der Waals surface area contributed by atoms with Crippen molar-refractivity contribution in [3.05, 3.63) is 65.7 Å². The molecule has 0 aliphatic carbocycles. The van der Waals surface area contributed by atoms with Crippen LogP contribution in [0.5, 0.6) is 0 Å². The van der Waals surface area contributed by atoms with Crippen molar-refractivity contribution in [3.8, 4) is 0 Å². The van der Waals surface area contributed by atoms with E-state index in [4.69, 9.17) is 0 Å². The molecule has 8 heteroatoms. The summed E-state index contributed by atoms with van der Waals surface area (Å²) in [6.45, 7) is 1.08. The fraction of sp³-hybridized carbons (Fsp3) is 0.409. The Labute approximate surface area is 175 Å². The van der Waals surface area contributed by atoms with Gasteiger partial charge in [0.2, 0.25) is 15.9 Å². The Bertz CT molecular complexity index is 1020. The van der Waals surface area contributed by atoms with Crippen LogP contribution < -0.4 is 0 Å². The first kappa shape index (κ1) is 20.9. The SMILES string of the molecule is O=C(C1CCN(S(=O)(=O)c2ccc(F)c(F)c2)CC1)N1CCC[C@H]1c1ccccc1. The lowest BCUT2D eigenvalue weighted by molar-refractivity contribution is -0.137. The van der Waals surface area contributed by atoms with Gasteiger partial charge in [-0.25, -0.2) is 17.2 Å². The first-order chi connectivity index (χ1) is 14.4. The fourth-order valence-electron chi connectivity index (χ4n) is 4.42. The van der Waals surface area contributed by atoms with Gasteiger partial charge in [0, 0.05) is 25.6 Å². The van der Waals surface area contributed by atoms with E-state index >= 15 is 0 Å². The number of amides is 1. The summed E-state index contributed by atoms with van der Waals surface area (Å²) in [7, 11) is -3.92. The Hall–Kier alpha value is -2.32. The molecule has 0 saturated carbocycles. The lowest BCUT2D eigenvalue weighted by Gasteiger charge is -2.34. The summed E-state index contributed by atoms with van der Waals surface area (Å²) in [5, 5.41) is 0. The number of benzene rings is 2. The average Bonchev–Trinajstić information content (AvgIpc) is 3.25. The molecule has 2 aromatic rings. The highest BCUT2D eigenvalue weighted by Crippen LogP contribution is 2.35. The summed E-state index contributed by atoms with van der Waals surface area (Å²) >= 11 is 0. The van der Waals surface area contributed by atoms with E-state index in [2.05, 4.69) is 0 Å². The molecule has 30 heavy (non-hydrogen) atoms. The number of carbonyl (C=O) groups excluding carboxylic acids is 1. The molecule has 2 saturated heterocycles. The number of rotatable bonds is 4. The molecule has 4 rings (SSSR count). The molecule has 2 aliphatic heterocycles. The first-order valence-corrected chi connectivity index (χ1v) is 11.6. The van der Waals surface area contributed by atoms with Crippen LogP contribution in [0.25, 0.3) is 0 Å². The van der Waals surface area contributed by atoms with Crippen LogP contribution in [0.4, 0.5) is 8.78 Å². The van der Waals surface area contributed by atoms with Gasteiger partial charge < -0.3 is 4.90 Å². The van der Waals surface area contributed by atoms with Crippen molar-refractivity contribution in [2.75, 3.05) is 19.6 Å². The van der Waals surface area contributed by atoms with Gasteiger partial charge in [-0.1, -0.05) is 30.3 Å². The van der Waals surface area contributed by atoms with Gasteiger partial charge in [0.25, 0.3) is 0 Å². The molecule has 0 radical (unpaired) electrons. The predicted molar refractivity (Wildman–Crippen MR) is 108 cm³/mol. The minimum Gasteiger partial charge on any atom is -0.335 e. The van der Waals surface area contributed by atoms with Gasteiger partial charge in [-0.3, -0.25) is 4.79 Å². The second-order valence-corrected chi connectivity index (χ2v) is 9.79. The van der Waals surface area contributed by atoms with E-state index in [-0.39, 0.29) is 35.9 Å². The number of halogens is 2. The van der Waals surface area contributed by atoms with Crippen molar-refractivity contribution in [2.24, 2.45) is 5.92 Å². The summed E-state index contributed by atoms with van der Waals surface area (Å²) < 4.78 is 53.4. The van der Waals surface area contributed by atoms with Crippen LogP contribution in [0.3, 0.4) is 0 Å². The van der Waals surface area contributed by atoms with Crippen LogP contribution in [-0.2, 0) is 14.8 Å². The van der Waals surface area contributed by atoms with Crippen LogP contribution >= 0.6 is 0 Å². The number of hydrogen-bond acceptors (Lipinski definition) is 3.